The second-order valence-electron chi connectivity index (χ2n) is 9.76. The van der Waals surface area contributed by atoms with Crippen LogP contribution in [0.5, 0.6) is 0 Å². The van der Waals surface area contributed by atoms with Gasteiger partial charge in [-0.1, -0.05) is 13.8 Å². The van der Waals surface area contributed by atoms with Gasteiger partial charge in [0.2, 0.25) is 5.91 Å². The number of hydrogen-bond acceptors (Lipinski definition) is 6. The fraction of sp³-hybridized carbons (Fsp3) is 0.625. The first-order valence-corrected chi connectivity index (χ1v) is 11.8. The summed E-state index contributed by atoms with van der Waals surface area (Å²) in [4.78, 5) is 14.7. The van der Waals surface area contributed by atoms with E-state index >= 15 is 0 Å². The highest BCUT2D eigenvalue weighted by Crippen LogP contribution is 2.34. The first-order chi connectivity index (χ1) is 16.0. The number of nitrogens with one attached hydrogen (secondary N) is 2. The van der Waals surface area contributed by atoms with Crippen LogP contribution in [-0.2, 0) is 11.0 Å². The standard InChI is InChI=1S/C24H36F3N5O2/c1-14(2)23(34)15-3-6-18(7-4-15)32-12-17(13-32)31-22(33)11-30-21(10-28)19-9-16(24(25,26)27)5-8-20(19)29/h5,8-10,14-15,17-18,23,30,34H,3-4,6-7,11-13,28-29H2,1-2H3,(H,31,33)/b21-10+. The fourth-order valence-electron chi connectivity index (χ4n) is 4.92. The Hall–Kier alpha value is -2.46. The van der Waals surface area contributed by atoms with Crippen molar-refractivity contribution in [3.05, 3.63) is 35.5 Å². The van der Waals surface area contributed by atoms with Crippen LogP contribution in [0.1, 0.15) is 50.7 Å². The highest BCUT2D eigenvalue weighted by molar-refractivity contribution is 5.82. The summed E-state index contributed by atoms with van der Waals surface area (Å²) in [7, 11) is 0. The molecule has 0 spiro atoms. The van der Waals surface area contributed by atoms with Gasteiger partial charge in [-0.2, -0.15) is 13.2 Å². The number of alkyl halides is 3. The molecule has 1 amide bonds. The van der Waals surface area contributed by atoms with Crippen LogP contribution < -0.4 is 22.1 Å². The molecule has 1 aromatic carbocycles. The molecule has 1 aromatic rings. The number of benzene rings is 1. The quantitative estimate of drug-likeness (QED) is 0.363. The minimum Gasteiger partial charge on any atom is -0.403 e. The minimum absolute atomic E-state index is 0.0391. The van der Waals surface area contributed by atoms with E-state index in [0.29, 0.717) is 12.0 Å². The van der Waals surface area contributed by atoms with Crippen LogP contribution in [0.15, 0.2) is 24.4 Å². The lowest BCUT2D eigenvalue weighted by atomic mass is 9.78. The van der Waals surface area contributed by atoms with E-state index in [4.69, 9.17) is 11.5 Å². The van der Waals surface area contributed by atoms with Gasteiger partial charge in [0, 0.05) is 36.6 Å². The lowest BCUT2D eigenvalue weighted by Crippen LogP contribution is -2.63. The average Bonchev–Trinajstić information content (AvgIpc) is 2.76. The molecular formula is C24H36F3N5O2. The summed E-state index contributed by atoms with van der Waals surface area (Å²) in [6.45, 7) is 5.51. The zero-order chi connectivity index (χ0) is 25.0. The average molecular weight is 484 g/mol. The van der Waals surface area contributed by atoms with Gasteiger partial charge in [-0.25, -0.2) is 0 Å². The molecule has 1 saturated heterocycles. The van der Waals surface area contributed by atoms with Gasteiger partial charge >= 0.3 is 6.18 Å². The molecule has 1 unspecified atom stereocenters. The zero-order valence-corrected chi connectivity index (χ0v) is 19.7. The van der Waals surface area contributed by atoms with Crippen LogP contribution in [0.2, 0.25) is 0 Å². The predicted molar refractivity (Wildman–Crippen MR) is 126 cm³/mol. The van der Waals surface area contributed by atoms with Crippen molar-refractivity contribution in [1.82, 2.24) is 15.5 Å². The summed E-state index contributed by atoms with van der Waals surface area (Å²) >= 11 is 0. The number of rotatable bonds is 8. The SMILES string of the molecule is CC(C)C(O)C1CCC(N2CC(NC(=O)CN/C(=C/N)c3cc(C(F)(F)F)ccc3N)C2)CC1. The molecule has 1 aliphatic heterocycles. The third-order valence-electron chi connectivity index (χ3n) is 6.98. The number of nitrogens with zero attached hydrogens (tertiary/aromatic N) is 1. The van der Waals surface area contributed by atoms with Gasteiger partial charge in [0.05, 0.1) is 30.0 Å². The van der Waals surface area contributed by atoms with E-state index in [-0.39, 0.29) is 47.5 Å². The number of carbonyl (C=O) groups excluding carboxylic acids is 1. The van der Waals surface area contributed by atoms with Gasteiger partial charge in [0.15, 0.2) is 0 Å². The normalized spacial score (nSPS) is 23.4. The van der Waals surface area contributed by atoms with E-state index in [9.17, 15) is 23.1 Å². The number of aliphatic hydroxyl groups excluding tert-OH is 1. The van der Waals surface area contributed by atoms with Crippen molar-refractivity contribution in [3.63, 3.8) is 0 Å². The number of amides is 1. The van der Waals surface area contributed by atoms with Crippen LogP contribution in [0.4, 0.5) is 18.9 Å². The number of aliphatic hydroxyl groups is 1. The Balaban J connectivity index is 1.43. The number of anilines is 1. The van der Waals surface area contributed by atoms with Crippen LogP contribution in [0.3, 0.4) is 0 Å². The fourth-order valence-corrected chi connectivity index (χ4v) is 4.92. The summed E-state index contributed by atoms with van der Waals surface area (Å²) in [5.74, 6) is 0.381. The van der Waals surface area contributed by atoms with Crippen molar-refractivity contribution >= 4 is 17.3 Å². The number of carbonyl (C=O) groups is 1. The molecule has 0 bridgehead atoms. The first kappa shape index (κ1) is 26.2. The van der Waals surface area contributed by atoms with Gasteiger partial charge in [-0.05, 0) is 55.7 Å². The molecule has 10 heteroatoms. The van der Waals surface area contributed by atoms with E-state index in [0.717, 1.165) is 57.1 Å². The van der Waals surface area contributed by atoms with Crippen LogP contribution >= 0.6 is 0 Å². The molecule has 0 aromatic heterocycles. The van der Waals surface area contributed by atoms with Crippen molar-refractivity contribution in [2.24, 2.45) is 17.6 Å². The van der Waals surface area contributed by atoms with Crippen molar-refractivity contribution < 1.29 is 23.1 Å². The Bertz CT molecular complexity index is 876. The number of nitrogen functional groups attached to an aromatic ring is 1. The molecule has 7 N–H and O–H groups in total. The molecule has 2 aliphatic rings. The maximum atomic E-state index is 13.0. The second kappa shape index (κ2) is 10.9. The maximum absolute atomic E-state index is 13.0. The van der Waals surface area contributed by atoms with E-state index in [1.54, 1.807) is 0 Å². The van der Waals surface area contributed by atoms with Gasteiger partial charge < -0.3 is 27.2 Å². The van der Waals surface area contributed by atoms with Crippen molar-refractivity contribution in [2.45, 2.75) is 63.9 Å². The highest BCUT2D eigenvalue weighted by Gasteiger charge is 2.37. The largest absolute Gasteiger partial charge is 0.416 e. The zero-order valence-electron chi connectivity index (χ0n) is 19.7. The Morgan fingerprint density at radius 3 is 2.44 bits per heavy atom. The van der Waals surface area contributed by atoms with Crippen molar-refractivity contribution in [1.29, 1.82) is 0 Å². The van der Waals surface area contributed by atoms with Gasteiger partial charge in [0.25, 0.3) is 0 Å². The van der Waals surface area contributed by atoms with Crippen molar-refractivity contribution in [3.8, 4) is 0 Å². The smallest absolute Gasteiger partial charge is 0.403 e. The molecule has 34 heavy (non-hydrogen) atoms. The summed E-state index contributed by atoms with van der Waals surface area (Å²) < 4.78 is 39.1. The topological polar surface area (TPSA) is 117 Å². The minimum atomic E-state index is -4.51. The Morgan fingerprint density at radius 2 is 1.88 bits per heavy atom. The van der Waals surface area contributed by atoms with Gasteiger partial charge in [-0.3, -0.25) is 9.69 Å². The lowest BCUT2D eigenvalue weighted by Gasteiger charge is -2.47. The Morgan fingerprint density at radius 1 is 1.24 bits per heavy atom. The number of halogens is 3. The lowest BCUT2D eigenvalue weighted by molar-refractivity contribution is -0.137. The molecule has 1 saturated carbocycles. The molecule has 0 radical (unpaired) electrons. The number of likely N-dealkylation sites (tertiary alicyclic amines) is 1. The van der Waals surface area contributed by atoms with E-state index in [1.165, 1.54) is 6.07 Å². The highest BCUT2D eigenvalue weighted by atomic mass is 19.4. The Kier molecular flexibility index (Phi) is 8.35. The molecule has 7 nitrogen and oxygen atoms in total. The van der Waals surface area contributed by atoms with Crippen LogP contribution in [0.25, 0.3) is 5.70 Å². The summed E-state index contributed by atoms with van der Waals surface area (Å²) in [6.07, 6.45) is 0.512. The molecule has 1 aliphatic carbocycles. The third-order valence-corrected chi connectivity index (χ3v) is 6.98. The monoisotopic (exact) mass is 483 g/mol. The van der Waals surface area contributed by atoms with Gasteiger partial charge in [-0.15, -0.1) is 0 Å². The molecule has 1 heterocycles. The summed E-state index contributed by atoms with van der Waals surface area (Å²) in [5, 5.41) is 16.0. The van der Waals surface area contributed by atoms with Crippen molar-refractivity contribution in [2.75, 3.05) is 25.4 Å². The molecule has 3 rings (SSSR count). The maximum Gasteiger partial charge on any atom is 0.416 e. The number of hydrogen-bond donors (Lipinski definition) is 5. The second-order valence-corrected chi connectivity index (χ2v) is 9.76. The first-order valence-electron chi connectivity index (χ1n) is 11.8. The van der Waals surface area contributed by atoms with Gasteiger partial charge in [0.1, 0.15) is 0 Å². The number of nitrogens with two attached hydrogens (primary N) is 2. The molecular weight excluding hydrogens is 447 g/mol. The Labute approximate surface area is 198 Å². The molecule has 1 atom stereocenters. The van der Waals surface area contributed by atoms with Crippen LogP contribution in [0, 0.1) is 11.8 Å². The van der Waals surface area contributed by atoms with E-state index in [1.807, 2.05) is 0 Å². The predicted octanol–water partition coefficient (Wildman–Crippen LogP) is 2.51. The van der Waals surface area contributed by atoms with E-state index in [2.05, 4.69) is 29.4 Å². The third kappa shape index (κ3) is 6.35. The van der Waals surface area contributed by atoms with E-state index < -0.39 is 11.7 Å². The van der Waals surface area contributed by atoms with Crippen LogP contribution in [-0.4, -0.2) is 53.7 Å². The molecule has 2 fully saturated rings. The molecule has 190 valence electrons. The summed E-state index contributed by atoms with van der Waals surface area (Å²) in [5.41, 5.74) is 11.0. The summed E-state index contributed by atoms with van der Waals surface area (Å²) in [6, 6.07) is 3.51.